The second-order valence-corrected chi connectivity index (χ2v) is 4.49. The number of methoxy groups -OCH3 is 2. The molecule has 22 heavy (non-hydrogen) atoms. The number of carbonyl (C=O) groups is 2. The third-order valence-electron chi connectivity index (χ3n) is 2.91. The lowest BCUT2D eigenvalue weighted by atomic mass is 10.1. The maximum Gasteiger partial charge on any atom is 0.515 e. The topological polar surface area (TPSA) is 102 Å². The molecule has 0 bridgehead atoms. The summed E-state index contributed by atoms with van der Waals surface area (Å²) in [7, 11) is 2.33. The molecular weight excluding hydrogens is 294 g/mol. The van der Waals surface area contributed by atoms with E-state index < -0.39 is 12.3 Å². The molecule has 0 amide bonds. The normalized spacial score (nSPS) is 10.4. The van der Waals surface area contributed by atoms with Gasteiger partial charge in [-0.05, 0) is 12.8 Å². The lowest BCUT2D eigenvalue weighted by molar-refractivity contribution is 0.106. The zero-order valence-corrected chi connectivity index (χ0v) is 13.2. The van der Waals surface area contributed by atoms with Crippen molar-refractivity contribution in [2.45, 2.75) is 45.6 Å². The van der Waals surface area contributed by atoms with Gasteiger partial charge in [-0.15, -0.1) is 0 Å². The Bertz CT molecular complexity index is 496. The Hall–Kier alpha value is -2.32. The summed E-state index contributed by atoms with van der Waals surface area (Å²) >= 11 is 0. The van der Waals surface area contributed by atoms with Gasteiger partial charge in [-0.25, -0.2) is 14.3 Å². The molecule has 0 unspecified atom stereocenters. The first-order chi connectivity index (χ1) is 10.6. The molecule has 0 fully saturated rings. The van der Waals surface area contributed by atoms with Crippen molar-refractivity contribution in [3.8, 4) is 11.8 Å². The number of rotatable bonds is 7. The molecular formula is C13H21N3O6. The van der Waals surface area contributed by atoms with Crippen molar-refractivity contribution in [1.29, 1.82) is 0 Å². The third kappa shape index (κ3) is 4.61. The van der Waals surface area contributed by atoms with Crippen LogP contribution in [0, 0.1) is 0 Å². The van der Waals surface area contributed by atoms with Crippen LogP contribution >= 0.6 is 0 Å². The van der Waals surface area contributed by atoms with Crippen LogP contribution in [0.15, 0.2) is 0 Å². The van der Waals surface area contributed by atoms with Crippen LogP contribution in [-0.2, 0) is 9.47 Å². The predicted molar refractivity (Wildman–Crippen MR) is 74.9 cm³/mol. The molecule has 1 aromatic rings. The molecule has 0 N–H and O–H groups in total. The molecule has 0 spiro atoms. The van der Waals surface area contributed by atoms with Crippen LogP contribution in [0.2, 0.25) is 0 Å². The molecule has 0 aliphatic carbocycles. The molecule has 1 aromatic heterocycles. The minimum Gasteiger partial charge on any atom is -0.437 e. The summed E-state index contributed by atoms with van der Waals surface area (Å²) in [6.07, 6.45) is 1.51. The molecule has 0 atom stereocenters. The Labute approximate surface area is 128 Å². The van der Waals surface area contributed by atoms with Gasteiger partial charge >= 0.3 is 18.2 Å². The summed E-state index contributed by atoms with van der Waals surface area (Å²) < 4.78 is 20.2. The van der Waals surface area contributed by atoms with E-state index in [-0.39, 0.29) is 17.8 Å². The van der Waals surface area contributed by atoms with Crippen molar-refractivity contribution in [2.75, 3.05) is 14.2 Å². The van der Waals surface area contributed by atoms with E-state index in [2.05, 4.69) is 19.8 Å². The van der Waals surface area contributed by atoms with Crippen LogP contribution in [-0.4, -0.2) is 41.5 Å². The van der Waals surface area contributed by atoms with Crippen LogP contribution in [0.25, 0.3) is 0 Å². The zero-order valence-electron chi connectivity index (χ0n) is 13.2. The standard InChI is InChI=1S/C13H21N3O6/c1-5-7-9(8-6-2)16-11(22-13(18)20-4)10(14-15-16)21-12(17)19-3/h9H,5-8H2,1-4H3. The van der Waals surface area contributed by atoms with Gasteiger partial charge in [0.1, 0.15) is 0 Å². The number of hydrogen-bond acceptors (Lipinski definition) is 8. The van der Waals surface area contributed by atoms with Gasteiger partial charge in [-0.1, -0.05) is 37.0 Å². The molecule has 0 saturated heterocycles. The van der Waals surface area contributed by atoms with Crippen LogP contribution in [0.3, 0.4) is 0 Å². The fraction of sp³-hybridized carbons (Fsp3) is 0.692. The van der Waals surface area contributed by atoms with Gasteiger partial charge in [0, 0.05) is 0 Å². The summed E-state index contributed by atoms with van der Waals surface area (Å²) in [5, 5.41) is 7.66. The van der Waals surface area contributed by atoms with E-state index in [1.807, 2.05) is 13.8 Å². The molecule has 0 aliphatic rings. The number of aromatic nitrogens is 3. The Balaban J connectivity index is 3.13. The second-order valence-electron chi connectivity index (χ2n) is 4.49. The predicted octanol–water partition coefficient (Wildman–Crippen LogP) is 2.71. The molecule has 0 aliphatic heterocycles. The van der Waals surface area contributed by atoms with E-state index in [9.17, 15) is 9.59 Å². The highest BCUT2D eigenvalue weighted by Crippen LogP contribution is 2.31. The Morgan fingerprint density at radius 3 is 2.09 bits per heavy atom. The summed E-state index contributed by atoms with van der Waals surface area (Å²) in [5.74, 6) is -0.321. The first-order valence-corrected chi connectivity index (χ1v) is 7.04. The summed E-state index contributed by atoms with van der Waals surface area (Å²) in [4.78, 5) is 22.6. The van der Waals surface area contributed by atoms with Crippen molar-refractivity contribution in [2.24, 2.45) is 0 Å². The van der Waals surface area contributed by atoms with Gasteiger partial charge in [0.05, 0.1) is 20.3 Å². The molecule has 0 aromatic carbocycles. The minimum atomic E-state index is -0.982. The highest BCUT2D eigenvalue weighted by molar-refractivity contribution is 5.66. The van der Waals surface area contributed by atoms with Gasteiger partial charge in [0.15, 0.2) is 0 Å². The Morgan fingerprint density at radius 2 is 1.59 bits per heavy atom. The van der Waals surface area contributed by atoms with E-state index >= 15 is 0 Å². The molecule has 9 heteroatoms. The van der Waals surface area contributed by atoms with Crippen LogP contribution in [0.1, 0.15) is 45.6 Å². The van der Waals surface area contributed by atoms with Crippen molar-refractivity contribution in [3.05, 3.63) is 0 Å². The zero-order chi connectivity index (χ0) is 16.5. The summed E-state index contributed by atoms with van der Waals surface area (Å²) in [6.45, 7) is 4.07. The van der Waals surface area contributed by atoms with Crippen molar-refractivity contribution in [3.63, 3.8) is 0 Å². The fourth-order valence-corrected chi connectivity index (χ4v) is 1.96. The lowest BCUT2D eigenvalue weighted by Crippen LogP contribution is -2.17. The van der Waals surface area contributed by atoms with Crippen LogP contribution < -0.4 is 9.47 Å². The minimum absolute atomic E-state index is 0.0304. The maximum atomic E-state index is 11.4. The first kappa shape index (κ1) is 17.7. The maximum absolute atomic E-state index is 11.4. The van der Waals surface area contributed by atoms with E-state index in [1.54, 1.807) is 0 Å². The molecule has 1 heterocycles. The number of nitrogens with zero attached hydrogens (tertiary/aromatic N) is 3. The summed E-state index contributed by atoms with van der Waals surface area (Å²) in [6, 6.07) is -0.0304. The number of carbonyl (C=O) groups excluding carboxylic acids is 2. The average molecular weight is 315 g/mol. The van der Waals surface area contributed by atoms with E-state index in [0.29, 0.717) is 0 Å². The quantitative estimate of drug-likeness (QED) is 0.708. The van der Waals surface area contributed by atoms with Crippen LogP contribution in [0.4, 0.5) is 9.59 Å². The fourth-order valence-electron chi connectivity index (χ4n) is 1.96. The Kier molecular flexibility index (Phi) is 7.14. The smallest absolute Gasteiger partial charge is 0.437 e. The largest absolute Gasteiger partial charge is 0.515 e. The second kappa shape index (κ2) is 8.85. The molecule has 9 nitrogen and oxygen atoms in total. The van der Waals surface area contributed by atoms with Crippen molar-refractivity contribution < 1.29 is 28.5 Å². The molecule has 1 rings (SSSR count). The van der Waals surface area contributed by atoms with Gasteiger partial charge in [-0.2, -0.15) is 0 Å². The monoisotopic (exact) mass is 315 g/mol. The molecule has 0 saturated carbocycles. The highest BCUT2D eigenvalue weighted by atomic mass is 16.7. The third-order valence-corrected chi connectivity index (χ3v) is 2.91. The van der Waals surface area contributed by atoms with E-state index in [1.165, 1.54) is 11.8 Å². The number of ether oxygens (including phenoxy) is 4. The van der Waals surface area contributed by atoms with Gasteiger partial charge in [0.2, 0.25) is 0 Å². The average Bonchev–Trinajstić information content (AvgIpc) is 2.89. The summed E-state index contributed by atoms with van der Waals surface area (Å²) in [5.41, 5.74) is 0. The van der Waals surface area contributed by atoms with Crippen LogP contribution in [0.5, 0.6) is 11.8 Å². The van der Waals surface area contributed by atoms with E-state index in [0.717, 1.165) is 32.8 Å². The van der Waals surface area contributed by atoms with Gasteiger partial charge in [0.25, 0.3) is 5.88 Å². The lowest BCUT2D eigenvalue weighted by Gasteiger charge is -2.17. The van der Waals surface area contributed by atoms with Crippen molar-refractivity contribution in [1.82, 2.24) is 15.0 Å². The van der Waals surface area contributed by atoms with Gasteiger partial charge < -0.3 is 18.9 Å². The first-order valence-electron chi connectivity index (χ1n) is 7.04. The van der Waals surface area contributed by atoms with Gasteiger partial charge in [-0.3, -0.25) is 0 Å². The highest BCUT2D eigenvalue weighted by Gasteiger charge is 2.26. The Morgan fingerprint density at radius 1 is 1.05 bits per heavy atom. The number of hydrogen-bond donors (Lipinski definition) is 0. The molecule has 0 radical (unpaired) electrons. The van der Waals surface area contributed by atoms with Crippen molar-refractivity contribution >= 4 is 12.3 Å². The van der Waals surface area contributed by atoms with E-state index in [4.69, 9.17) is 9.47 Å². The SMILES string of the molecule is CCCC(CCC)n1nnc(OC(=O)OC)c1OC(=O)OC. The molecule has 124 valence electrons.